The number of unbranched alkanes of at least 4 members (excludes halogenated alkanes) is 2. The molecule has 0 aromatic heterocycles. The van der Waals surface area contributed by atoms with Gasteiger partial charge in [0, 0.05) is 67.5 Å². The quantitative estimate of drug-likeness (QED) is 0.0203. The normalized spacial score (nSPS) is 21.4. The molecule has 2 heterocycles. The summed E-state index contributed by atoms with van der Waals surface area (Å²) in [4.78, 5) is 56.9. The van der Waals surface area contributed by atoms with Crippen LogP contribution in [0.1, 0.15) is 77.9 Å². The van der Waals surface area contributed by atoms with Crippen molar-refractivity contribution in [2.75, 3.05) is 26.6 Å². The molecule has 2 N–H and O–H groups in total. The van der Waals surface area contributed by atoms with Crippen molar-refractivity contribution < 1.29 is 62.9 Å². The van der Waals surface area contributed by atoms with Gasteiger partial charge in [0.05, 0.1) is 28.1 Å². The van der Waals surface area contributed by atoms with Gasteiger partial charge in [-0.1, -0.05) is 48.3 Å². The minimum Gasteiger partial charge on any atom is -0.459 e. The van der Waals surface area contributed by atoms with Crippen LogP contribution in [0.3, 0.4) is 0 Å². The van der Waals surface area contributed by atoms with Gasteiger partial charge in [-0.05, 0) is 121 Å². The van der Waals surface area contributed by atoms with Crippen LogP contribution in [0.15, 0.2) is 139 Å². The standard InChI is InChI=1S/C56H56N4O15/c1-2-26-71-56-52(58(32-37-14-22-50-51(28-37)70-35-69-50)55(64)74-42-19-17-41(18-20-42)60(67)68)31-48(57-72-34-36-12-15-40(16-13-36)59(65)66)46-29-39(9-3-5-24-61)45(11-4-6-25-62)53(54(46)56)47-30-44(21-23-49(47)75-56)73-43-10-7-8-38(27-43)33-63/h2,7-8,10,12-23,27-30,33,39,45,52-54,61-62H,1,3-6,9,11,24-26,31-32,34-35H2. The molecule has 75 heavy (non-hydrogen) atoms. The van der Waals surface area contributed by atoms with E-state index in [4.69, 9.17) is 38.4 Å². The molecular weight excluding hydrogens is 969 g/mol. The Morgan fingerprint density at radius 2 is 1.49 bits per heavy atom. The fourth-order valence-corrected chi connectivity index (χ4v) is 10.7. The summed E-state index contributed by atoms with van der Waals surface area (Å²) in [5, 5.41) is 48.1. The van der Waals surface area contributed by atoms with Gasteiger partial charge >= 0.3 is 6.09 Å². The smallest absolute Gasteiger partial charge is 0.416 e. The van der Waals surface area contributed by atoms with Crippen molar-refractivity contribution in [1.82, 2.24) is 4.90 Å². The van der Waals surface area contributed by atoms with E-state index in [0.29, 0.717) is 89.7 Å². The molecule has 2 aliphatic heterocycles. The summed E-state index contributed by atoms with van der Waals surface area (Å²) in [7, 11) is 0. The van der Waals surface area contributed by atoms with Crippen LogP contribution in [0, 0.1) is 38.0 Å². The number of oxime groups is 1. The zero-order valence-electron chi connectivity index (χ0n) is 40.9. The first-order valence-electron chi connectivity index (χ1n) is 24.8. The molecule has 6 atom stereocenters. The summed E-state index contributed by atoms with van der Waals surface area (Å²) in [5.41, 5.74) is 3.35. The van der Waals surface area contributed by atoms with Gasteiger partial charge in [0.2, 0.25) is 12.6 Å². The molecule has 1 fully saturated rings. The number of aldehydes is 1. The number of amides is 1. The molecule has 5 aromatic rings. The van der Waals surface area contributed by atoms with Gasteiger partial charge in [-0.25, -0.2) is 4.79 Å². The molecule has 0 saturated heterocycles. The molecule has 390 valence electrons. The summed E-state index contributed by atoms with van der Waals surface area (Å²) < 4.78 is 38.5. The molecule has 2 aliphatic carbocycles. The molecule has 0 bridgehead atoms. The van der Waals surface area contributed by atoms with Crippen LogP contribution in [0.5, 0.6) is 34.5 Å². The Labute approximate surface area is 431 Å². The number of hydrogen-bond acceptors (Lipinski definition) is 16. The van der Waals surface area contributed by atoms with Gasteiger partial charge in [0.25, 0.3) is 11.4 Å². The zero-order valence-corrected chi connectivity index (χ0v) is 40.9. The van der Waals surface area contributed by atoms with Gasteiger partial charge < -0.3 is 43.5 Å². The number of carbonyl (C=O) groups excluding carboxylic acids is 2. The lowest BCUT2D eigenvalue weighted by Crippen LogP contribution is -2.70. The highest BCUT2D eigenvalue weighted by molar-refractivity contribution is 6.03. The Morgan fingerprint density at radius 3 is 2.21 bits per heavy atom. The number of nitro groups is 2. The van der Waals surface area contributed by atoms with E-state index in [-0.39, 0.29) is 75.1 Å². The number of ether oxygens (including phenoxy) is 6. The Kier molecular flexibility index (Phi) is 16.1. The molecule has 6 unspecified atom stereocenters. The number of nitro benzene ring substituents is 2. The van der Waals surface area contributed by atoms with Crippen LogP contribution in [-0.4, -0.2) is 81.5 Å². The summed E-state index contributed by atoms with van der Waals surface area (Å²) >= 11 is 0. The van der Waals surface area contributed by atoms with E-state index in [0.717, 1.165) is 17.4 Å². The Hall–Kier alpha value is -8.13. The maximum Gasteiger partial charge on any atom is 0.416 e. The van der Waals surface area contributed by atoms with Crippen molar-refractivity contribution in [2.45, 2.75) is 75.8 Å². The lowest BCUT2D eigenvalue weighted by Gasteiger charge is -2.59. The first kappa shape index (κ1) is 51.8. The van der Waals surface area contributed by atoms with Crippen LogP contribution >= 0.6 is 0 Å². The Morgan fingerprint density at radius 1 is 0.813 bits per heavy atom. The second-order valence-corrected chi connectivity index (χ2v) is 18.7. The first-order chi connectivity index (χ1) is 36.5. The van der Waals surface area contributed by atoms with Crippen LogP contribution in [-0.2, 0) is 22.7 Å². The molecule has 19 nitrogen and oxygen atoms in total. The number of non-ortho nitro benzene ring substituents is 2. The highest BCUT2D eigenvalue weighted by atomic mass is 16.7. The maximum absolute atomic E-state index is 15.3. The summed E-state index contributed by atoms with van der Waals surface area (Å²) in [6.45, 7) is 3.81. The van der Waals surface area contributed by atoms with E-state index < -0.39 is 39.6 Å². The lowest BCUT2D eigenvalue weighted by atomic mass is 9.55. The van der Waals surface area contributed by atoms with Gasteiger partial charge in [0.1, 0.15) is 41.9 Å². The average Bonchev–Trinajstić information content (AvgIpc) is 3.90. The van der Waals surface area contributed by atoms with E-state index >= 15 is 4.79 Å². The van der Waals surface area contributed by atoms with E-state index in [1.807, 2.05) is 6.07 Å². The summed E-state index contributed by atoms with van der Waals surface area (Å²) in [6.07, 6.45) is 7.43. The van der Waals surface area contributed by atoms with Crippen molar-refractivity contribution >= 4 is 29.5 Å². The third kappa shape index (κ3) is 11.3. The lowest BCUT2D eigenvalue weighted by molar-refractivity contribution is -0.385. The monoisotopic (exact) mass is 1020 g/mol. The molecule has 5 aromatic carbocycles. The molecular formula is C56H56N4O15. The number of carbonyl (C=O) groups is 2. The van der Waals surface area contributed by atoms with Crippen LogP contribution in [0.2, 0.25) is 0 Å². The highest BCUT2D eigenvalue weighted by Crippen LogP contribution is 2.62. The molecule has 0 spiro atoms. The minimum atomic E-state index is -1.73. The van der Waals surface area contributed by atoms with Crippen molar-refractivity contribution in [3.05, 3.63) is 176 Å². The third-order valence-corrected chi connectivity index (χ3v) is 14.1. The van der Waals surface area contributed by atoms with E-state index in [9.17, 15) is 35.2 Å². The number of benzene rings is 5. The number of hydrogen-bond donors (Lipinski definition) is 2. The summed E-state index contributed by atoms with van der Waals surface area (Å²) in [6, 6.07) is 27.6. The van der Waals surface area contributed by atoms with Gasteiger partial charge in [-0.15, -0.1) is 6.58 Å². The Balaban J connectivity index is 1.24. The van der Waals surface area contributed by atoms with Crippen LogP contribution < -0.4 is 23.7 Å². The van der Waals surface area contributed by atoms with Crippen LogP contribution in [0.25, 0.3) is 0 Å². The SMILES string of the molecule is C=CCOC12Oc3ccc(Oc4cccc(C=O)c4)cc3C3C(CCCCO)C(CCCCO)C=C(C(=NOCc4ccc([N+](=O)[O-])cc4)CC1N(Cc1ccc4c(c1)OCO4)C(=O)Oc1ccc([N+](=O)[O-])cc1)C32. The molecule has 1 saturated carbocycles. The fourth-order valence-electron chi connectivity index (χ4n) is 10.7. The number of aliphatic hydroxyl groups is 2. The molecule has 9 rings (SSSR count). The van der Waals surface area contributed by atoms with Crippen molar-refractivity contribution in [3.8, 4) is 34.5 Å². The number of aliphatic hydroxyl groups excluding tert-OH is 2. The van der Waals surface area contributed by atoms with Crippen molar-refractivity contribution in [1.29, 1.82) is 0 Å². The fraction of sp³-hybridized carbons (Fsp3) is 0.339. The maximum atomic E-state index is 15.3. The molecule has 1 amide bonds. The minimum absolute atomic E-state index is 0.00571. The van der Waals surface area contributed by atoms with Crippen molar-refractivity contribution in [3.63, 3.8) is 0 Å². The van der Waals surface area contributed by atoms with E-state index in [2.05, 4.69) is 12.7 Å². The highest BCUT2D eigenvalue weighted by Gasteiger charge is 2.66. The molecule has 0 radical (unpaired) electrons. The number of nitrogens with zero attached hydrogens (tertiary/aromatic N) is 4. The molecule has 4 aliphatic rings. The second-order valence-electron chi connectivity index (χ2n) is 18.7. The first-order valence-corrected chi connectivity index (χ1v) is 24.8. The van der Waals surface area contributed by atoms with Gasteiger partial charge in [-0.3, -0.25) is 29.9 Å². The number of rotatable bonds is 23. The number of fused-ring (bicyclic) bond motifs is 3. The predicted octanol–water partition coefficient (Wildman–Crippen LogP) is 10.4. The largest absolute Gasteiger partial charge is 0.459 e. The van der Waals surface area contributed by atoms with Crippen molar-refractivity contribution in [2.24, 2.45) is 22.9 Å². The van der Waals surface area contributed by atoms with Gasteiger partial charge in [0.15, 0.2) is 11.5 Å². The Bertz CT molecular complexity index is 2960. The third-order valence-electron chi connectivity index (χ3n) is 14.1. The number of allylic oxidation sites excluding steroid dienone is 1. The second kappa shape index (κ2) is 23.4. The average molecular weight is 1030 g/mol. The van der Waals surface area contributed by atoms with Gasteiger partial charge in [-0.2, -0.15) is 0 Å². The topological polar surface area (TPSA) is 241 Å². The van der Waals surface area contributed by atoms with E-state index in [1.54, 1.807) is 72.8 Å². The van der Waals surface area contributed by atoms with Crippen LogP contribution in [0.4, 0.5) is 16.2 Å². The zero-order chi connectivity index (χ0) is 52.5. The molecule has 19 heteroatoms. The summed E-state index contributed by atoms with van der Waals surface area (Å²) in [5.74, 6) is -0.831. The van der Waals surface area contributed by atoms with E-state index in [1.165, 1.54) is 41.3 Å². The predicted molar refractivity (Wildman–Crippen MR) is 272 cm³/mol.